The third kappa shape index (κ3) is 5.31. The average Bonchev–Trinajstić information content (AvgIpc) is 2.35. The molecular formula is C15H27NO3. The zero-order valence-electron chi connectivity index (χ0n) is 12.4. The van der Waals surface area contributed by atoms with Crippen molar-refractivity contribution >= 4 is 12.3 Å². The van der Waals surface area contributed by atoms with E-state index in [9.17, 15) is 9.59 Å². The maximum Gasteiger partial charge on any atom is 0.334 e. The minimum Gasteiger partial charge on any atom is -0.458 e. The molecular weight excluding hydrogens is 242 g/mol. The Hall–Kier alpha value is -0.900. The van der Waals surface area contributed by atoms with E-state index in [1.54, 1.807) is 20.8 Å². The van der Waals surface area contributed by atoms with Crippen LogP contribution < -0.4 is 5.73 Å². The zero-order chi connectivity index (χ0) is 14.5. The minimum atomic E-state index is -1.48. The smallest absolute Gasteiger partial charge is 0.334 e. The lowest BCUT2D eigenvalue weighted by Crippen LogP contribution is -2.52. The Balaban J connectivity index is 2.53. The van der Waals surface area contributed by atoms with Gasteiger partial charge in [-0.15, -0.1) is 0 Å². The first-order valence-electron chi connectivity index (χ1n) is 7.25. The number of rotatable bonds is 5. The predicted octanol–water partition coefficient (Wildman–Crippen LogP) is 2.58. The Morgan fingerprint density at radius 3 is 2.32 bits per heavy atom. The largest absolute Gasteiger partial charge is 0.458 e. The highest BCUT2D eigenvalue weighted by Crippen LogP contribution is 2.29. The first kappa shape index (κ1) is 16.2. The summed E-state index contributed by atoms with van der Waals surface area (Å²) >= 11 is 0. The van der Waals surface area contributed by atoms with Crippen LogP contribution in [-0.4, -0.2) is 23.4 Å². The molecule has 0 aromatic carbocycles. The number of carbonyl (C=O) groups excluding carboxylic acids is 2. The molecule has 1 saturated carbocycles. The van der Waals surface area contributed by atoms with Crippen LogP contribution in [0.3, 0.4) is 0 Å². The summed E-state index contributed by atoms with van der Waals surface area (Å²) in [4.78, 5) is 23.2. The highest BCUT2D eigenvalue weighted by Gasteiger charge is 2.38. The molecule has 4 heteroatoms. The number of ether oxygens (including phenoxy) is 1. The lowest BCUT2D eigenvalue weighted by atomic mass is 9.82. The Kier molecular flexibility index (Phi) is 5.53. The summed E-state index contributed by atoms with van der Waals surface area (Å²) in [6.45, 7) is 5.33. The zero-order valence-corrected chi connectivity index (χ0v) is 12.4. The second kappa shape index (κ2) is 6.51. The van der Waals surface area contributed by atoms with Crippen molar-refractivity contribution in [2.45, 2.75) is 76.9 Å². The van der Waals surface area contributed by atoms with E-state index in [-0.39, 0.29) is 0 Å². The molecule has 4 nitrogen and oxygen atoms in total. The summed E-state index contributed by atoms with van der Waals surface area (Å²) in [5.74, 6) is -0.00938. The number of aldehydes is 1. The van der Waals surface area contributed by atoms with Crippen molar-refractivity contribution in [2.24, 2.45) is 11.7 Å². The first-order valence-corrected chi connectivity index (χ1v) is 7.25. The molecule has 0 aliphatic heterocycles. The molecule has 0 unspecified atom stereocenters. The van der Waals surface area contributed by atoms with E-state index in [0.717, 1.165) is 6.42 Å². The van der Waals surface area contributed by atoms with Crippen LogP contribution in [-0.2, 0) is 14.3 Å². The number of hydrogen-bond acceptors (Lipinski definition) is 4. The second-order valence-corrected chi connectivity index (χ2v) is 6.70. The first-order chi connectivity index (χ1) is 8.77. The van der Waals surface area contributed by atoms with Crippen LogP contribution in [0.25, 0.3) is 0 Å². The summed E-state index contributed by atoms with van der Waals surface area (Å²) in [5, 5.41) is 0. The average molecular weight is 269 g/mol. The van der Waals surface area contributed by atoms with E-state index in [1.807, 2.05) is 0 Å². The van der Waals surface area contributed by atoms with E-state index in [1.165, 1.54) is 32.1 Å². The van der Waals surface area contributed by atoms with Crippen LogP contribution in [0.1, 0.15) is 65.7 Å². The lowest BCUT2D eigenvalue weighted by molar-refractivity contribution is -0.162. The van der Waals surface area contributed by atoms with Gasteiger partial charge in [0, 0.05) is 0 Å². The molecule has 2 N–H and O–H groups in total. The molecule has 0 radical (unpaired) electrons. The number of carbonyl (C=O) groups is 2. The van der Waals surface area contributed by atoms with Gasteiger partial charge in [0.15, 0.2) is 11.8 Å². The van der Waals surface area contributed by atoms with Gasteiger partial charge >= 0.3 is 5.97 Å². The SMILES string of the molecule is CC(C)(C)OC(=O)[C@@](N)(C=O)CCC1CCCCC1. The summed E-state index contributed by atoms with van der Waals surface area (Å²) in [5.41, 5.74) is 3.83. The van der Waals surface area contributed by atoms with Crippen LogP contribution >= 0.6 is 0 Å². The van der Waals surface area contributed by atoms with Crippen molar-refractivity contribution in [1.29, 1.82) is 0 Å². The monoisotopic (exact) mass is 269 g/mol. The Morgan fingerprint density at radius 2 is 1.84 bits per heavy atom. The van der Waals surface area contributed by atoms with Crippen molar-refractivity contribution in [3.8, 4) is 0 Å². The van der Waals surface area contributed by atoms with Crippen molar-refractivity contribution in [2.75, 3.05) is 0 Å². The van der Waals surface area contributed by atoms with Crippen molar-refractivity contribution < 1.29 is 14.3 Å². The molecule has 0 bridgehead atoms. The summed E-state index contributed by atoms with van der Waals surface area (Å²) < 4.78 is 5.24. The highest BCUT2D eigenvalue weighted by molar-refractivity contribution is 5.98. The Bertz CT molecular complexity index is 316. The van der Waals surface area contributed by atoms with Crippen molar-refractivity contribution in [3.63, 3.8) is 0 Å². The van der Waals surface area contributed by atoms with Gasteiger partial charge in [0.2, 0.25) is 0 Å². The second-order valence-electron chi connectivity index (χ2n) is 6.70. The Morgan fingerprint density at radius 1 is 1.26 bits per heavy atom. The molecule has 0 saturated heterocycles. The van der Waals surface area contributed by atoms with Gasteiger partial charge in [0.25, 0.3) is 0 Å². The standard InChI is InChI=1S/C15H27NO3/c1-14(2,3)19-13(18)15(16,11-17)10-9-12-7-5-4-6-8-12/h11-12H,4-10,16H2,1-3H3/t15-/m0/s1. The van der Waals surface area contributed by atoms with Gasteiger partial charge in [0.1, 0.15) is 5.60 Å². The van der Waals surface area contributed by atoms with Crippen LogP contribution in [0.4, 0.5) is 0 Å². The molecule has 0 heterocycles. The minimum absolute atomic E-state index is 0.385. The fraction of sp³-hybridized carbons (Fsp3) is 0.867. The van der Waals surface area contributed by atoms with Gasteiger partial charge in [-0.1, -0.05) is 32.1 Å². The molecule has 110 valence electrons. The quantitative estimate of drug-likeness (QED) is 0.473. The molecule has 0 aromatic rings. The molecule has 19 heavy (non-hydrogen) atoms. The lowest BCUT2D eigenvalue weighted by Gasteiger charge is -2.29. The molecule has 1 aliphatic carbocycles. The summed E-state index contributed by atoms with van der Waals surface area (Å²) in [6.07, 6.45) is 7.91. The normalized spacial score (nSPS) is 20.6. The number of nitrogens with two attached hydrogens (primary N) is 1. The van der Waals surface area contributed by atoms with Crippen LogP contribution in [0, 0.1) is 5.92 Å². The van der Waals surface area contributed by atoms with E-state index < -0.39 is 17.1 Å². The molecule has 1 rings (SSSR count). The van der Waals surface area contributed by atoms with Gasteiger partial charge in [-0.2, -0.15) is 0 Å². The van der Waals surface area contributed by atoms with Gasteiger partial charge in [-0.3, -0.25) is 0 Å². The fourth-order valence-corrected chi connectivity index (χ4v) is 2.50. The molecule has 0 spiro atoms. The van der Waals surface area contributed by atoms with E-state index in [4.69, 9.17) is 10.5 Å². The molecule has 0 amide bonds. The maximum absolute atomic E-state index is 12.0. The highest BCUT2D eigenvalue weighted by atomic mass is 16.6. The van der Waals surface area contributed by atoms with Gasteiger partial charge < -0.3 is 15.3 Å². The Labute approximate surface area is 116 Å². The van der Waals surface area contributed by atoms with E-state index in [2.05, 4.69) is 0 Å². The third-order valence-corrected chi connectivity index (χ3v) is 3.68. The molecule has 1 fully saturated rings. The number of hydrogen-bond donors (Lipinski definition) is 1. The van der Waals surface area contributed by atoms with Gasteiger partial charge in [-0.25, -0.2) is 4.79 Å². The fourth-order valence-electron chi connectivity index (χ4n) is 2.50. The third-order valence-electron chi connectivity index (χ3n) is 3.68. The van der Waals surface area contributed by atoms with Crippen LogP contribution in [0.2, 0.25) is 0 Å². The maximum atomic E-state index is 12.0. The van der Waals surface area contributed by atoms with E-state index >= 15 is 0 Å². The van der Waals surface area contributed by atoms with E-state index in [0.29, 0.717) is 18.6 Å². The van der Waals surface area contributed by atoms with Crippen LogP contribution in [0.15, 0.2) is 0 Å². The summed E-state index contributed by atoms with van der Waals surface area (Å²) in [6, 6.07) is 0. The summed E-state index contributed by atoms with van der Waals surface area (Å²) in [7, 11) is 0. The van der Waals surface area contributed by atoms with Gasteiger partial charge in [0.05, 0.1) is 0 Å². The molecule has 1 atom stereocenters. The van der Waals surface area contributed by atoms with Gasteiger partial charge in [-0.05, 0) is 39.5 Å². The molecule has 0 aromatic heterocycles. The van der Waals surface area contributed by atoms with Crippen molar-refractivity contribution in [3.05, 3.63) is 0 Å². The molecule has 1 aliphatic rings. The predicted molar refractivity (Wildman–Crippen MR) is 74.6 cm³/mol. The number of esters is 1. The topological polar surface area (TPSA) is 69.4 Å². The van der Waals surface area contributed by atoms with Crippen LogP contribution in [0.5, 0.6) is 0 Å². The van der Waals surface area contributed by atoms with Crippen molar-refractivity contribution in [1.82, 2.24) is 0 Å².